The second-order valence-electron chi connectivity index (χ2n) is 7.58. The van der Waals surface area contributed by atoms with Gasteiger partial charge in [-0.25, -0.2) is 9.97 Å². The van der Waals surface area contributed by atoms with Crippen LogP contribution in [0.1, 0.15) is 16.1 Å². The van der Waals surface area contributed by atoms with Crippen LogP contribution in [0.25, 0.3) is 11.4 Å². The lowest BCUT2D eigenvalue weighted by Crippen LogP contribution is -2.49. The number of nitro groups is 2. The van der Waals surface area contributed by atoms with E-state index in [9.17, 15) is 25.0 Å². The first kappa shape index (κ1) is 21.8. The van der Waals surface area contributed by atoms with Crippen LogP contribution < -0.4 is 4.90 Å². The van der Waals surface area contributed by atoms with Crippen LogP contribution in [0.5, 0.6) is 0 Å². The van der Waals surface area contributed by atoms with E-state index in [2.05, 4.69) is 9.97 Å². The van der Waals surface area contributed by atoms with Crippen molar-refractivity contribution in [3.8, 4) is 11.4 Å². The van der Waals surface area contributed by atoms with E-state index in [4.69, 9.17) is 0 Å². The van der Waals surface area contributed by atoms with Crippen molar-refractivity contribution in [3.05, 3.63) is 86.1 Å². The third kappa shape index (κ3) is 4.76. The molecule has 0 N–H and O–H groups in total. The monoisotopic (exact) mass is 448 g/mol. The number of aryl methyl sites for hydroxylation is 1. The van der Waals surface area contributed by atoms with E-state index in [1.807, 2.05) is 17.9 Å². The lowest BCUT2D eigenvalue weighted by molar-refractivity contribution is -0.385. The zero-order valence-corrected chi connectivity index (χ0v) is 17.7. The molecular formula is C22H20N6O5. The van der Waals surface area contributed by atoms with Gasteiger partial charge < -0.3 is 9.80 Å². The van der Waals surface area contributed by atoms with Crippen molar-refractivity contribution in [2.75, 3.05) is 31.1 Å². The Hall–Kier alpha value is -4.41. The lowest BCUT2D eigenvalue weighted by Gasteiger charge is -2.35. The van der Waals surface area contributed by atoms with Crippen molar-refractivity contribution in [2.45, 2.75) is 6.92 Å². The molecule has 2 heterocycles. The number of rotatable bonds is 5. The fraction of sp³-hybridized carbons (Fsp3) is 0.227. The summed E-state index contributed by atoms with van der Waals surface area (Å²) in [5.41, 5.74) is 1.60. The summed E-state index contributed by atoms with van der Waals surface area (Å²) < 4.78 is 0. The number of nitro benzene ring substituents is 2. The number of nitrogens with zero attached hydrogens (tertiary/aromatic N) is 6. The van der Waals surface area contributed by atoms with Crippen LogP contribution in [0.3, 0.4) is 0 Å². The Labute approximate surface area is 188 Å². The minimum atomic E-state index is -0.501. The molecule has 0 bridgehead atoms. The number of carbonyl (C=O) groups excluding carboxylic acids is 1. The van der Waals surface area contributed by atoms with E-state index in [1.54, 1.807) is 17.0 Å². The standard InChI is InChI=1S/C22H20N6O5/c1-15-13-20(24-21(23-15)17-3-2-4-19(14-17)28(32)33)25-9-11-26(12-10-25)22(29)16-5-7-18(8-6-16)27(30)31/h2-8,13-14H,9-12H2,1H3. The number of piperazine rings is 1. The Balaban J connectivity index is 1.47. The van der Waals surface area contributed by atoms with Gasteiger partial charge >= 0.3 is 0 Å². The van der Waals surface area contributed by atoms with Gasteiger partial charge in [0.15, 0.2) is 5.82 Å². The molecule has 3 aromatic rings. The van der Waals surface area contributed by atoms with Crippen LogP contribution in [0.4, 0.5) is 17.2 Å². The SMILES string of the molecule is Cc1cc(N2CCN(C(=O)c3ccc([N+](=O)[O-])cc3)CC2)nc(-c2cccc([N+](=O)[O-])c2)n1. The average Bonchev–Trinajstić information content (AvgIpc) is 2.83. The van der Waals surface area contributed by atoms with Gasteiger partial charge in [-0.3, -0.25) is 25.0 Å². The second-order valence-corrected chi connectivity index (χ2v) is 7.58. The molecule has 0 saturated carbocycles. The highest BCUT2D eigenvalue weighted by molar-refractivity contribution is 5.94. The fourth-order valence-electron chi connectivity index (χ4n) is 3.65. The summed E-state index contributed by atoms with van der Waals surface area (Å²) in [6.45, 7) is 3.85. The largest absolute Gasteiger partial charge is 0.353 e. The summed E-state index contributed by atoms with van der Waals surface area (Å²) in [6, 6.07) is 13.6. The van der Waals surface area contributed by atoms with E-state index in [-0.39, 0.29) is 17.3 Å². The number of anilines is 1. The topological polar surface area (TPSA) is 136 Å². The Morgan fingerprint density at radius 3 is 2.18 bits per heavy atom. The second kappa shape index (κ2) is 8.99. The normalized spacial score (nSPS) is 13.6. The quantitative estimate of drug-likeness (QED) is 0.429. The molecule has 2 aromatic carbocycles. The van der Waals surface area contributed by atoms with Crippen LogP contribution >= 0.6 is 0 Å². The molecule has 0 unspecified atom stereocenters. The van der Waals surface area contributed by atoms with Crippen molar-refractivity contribution in [2.24, 2.45) is 0 Å². The molecule has 11 heteroatoms. The zero-order chi connectivity index (χ0) is 23.5. The van der Waals surface area contributed by atoms with Gasteiger partial charge in [0.2, 0.25) is 0 Å². The summed E-state index contributed by atoms with van der Waals surface area (Å²) in [4.78, 5) is 46.5. The van der Waals surface area contributed by atoms with E-state index in [0.717, 1.165) is 5.69 Å². The summed E-state index contributed by atoms with van der Waals surface area (Å²) in [7, 11) is 0. The van der Waals surface area contributed by atoms with Gasteiger partial charge in [0.25, 0.3) is 17.3 Å². The summed E-state index contributed by atoms with van der Waals surface area (Å²) in [5, 5.41) is 21.9. The number of hydrogen-bond donors (Lipinski definition) is 0. The molecule has 0 atom stereocenters. The molecule has 0 radical (unpaired) electrons. The summed E-state index contributed by atoms with van der Waals surface area (Å²) >= 11 is 0. The van der Waals surface area contributed by atoms with Gasteiger partial charge in [0, 0.05) is 73.3 Å². The van der Waals surface area contributed by atoms with E-state index in [1.165, 1.54) is 36.4 Å². The molecular weight excluding hydrogens is 428 g/mol. The molecule has 11 nitrogen and oxygen atoms in total. The third-order valence-corrected chi connectivity index (χ3v) is 5.37. The first-order valence-electron chi connectivity index (χ1n) is 10.2. The minimum absolute atomic E-state index is 0.0301. The van der Waals surface area contributed by atoms with Crippen LogP contribution in [0.2, 0.25) is 0 Å². The first-order chi connectivity index (χ1) is 15.8. The molecule has 1 aliphatic rings. The molecule has 168 valence electrons. The van der Waals surface area contributed by atoms with E-state index >= 15 is 0 Å². The number of carbonyl (C=O) groups is 1. The fourth-order valence-corrected chi connectivity index (χ4v) is 3.65. The van der Waals surface area contributed by atoms with Crippen molar-refractivity contribution in [3.63, 3.8) is 0 Å². The lowest BCUT2D eigenvalue weighted by atomic mass is 10.1. The number of aromatic nitrogens is 2. The maximum Gasteiger partial charge on any atom is 0.270 e. The average molecular weight is 448 g/mol. The van der Waals surface area contributed by atoms with Crippen LogP contribution in [0, 0.1) is 27.2 Å². The molecule has 0 spiro atoms. The van der Waals surface area contributed by atoms with Crippen molar-refractivity contribution in [1.29, 1.82) is 0 Å². The van der Waals surface area contributed by atoms with Crippen molar-refractivity contribution < 1.29 is 14.6 Å². The maximum atomic E-state index is 12.8. The zero-order valence-electron chi connectivity index (χ0n) is 17.7. The molecule has 1 fully saturated rings. The predicted molar refractivity (Wildman–Crippen MR) is 120 cm³/mol. The molecule has 0 aliphatic carbocycles. The van der Waals surface area contributed by atoms with Gasteiger partial charge in [0.05, 0.1) is 9.85 Å². The Morgan fingerprint density at radius 1 is 0.879 bits per heavy atom. The van der Waals surface area contributed by atoms with Crippen molar-refractivity contribution in [1.82, 2.24) is 14.9 Å². The predicted octanol–water partition coefficient (Wildman–Crippen LogP) is 3.23. The minimum Gasteiger partial charge on any atom is -0.353 e. The van der Waals surface area contributed by atoms with E-state index in [0.29, 0.717) is 48.9 Å². The number of non-ortho nitro benzene ring substituents is 2. The maximum absolute atomic E-state index is 12.8. The van der Waals surface area contributed by atoms with Gasteiger partial charge in [-0.05, 0) is 19.1 Å². The van der Waals surface area contributed by atoms with Gasteiger partial charge in [-0.2, -0.15) is 0 Å². The number of hydrogen-bond acceptors (Lipinski definition) is 8. The Morgan fingerprint density at radius 2 is 1.55 bits per heavy atom. The smallest absolute Gasteiger partial charge is 0.270 e. The summed E-state index contributed by atoms with van der Waals surface area (Å²) in [6.07, 6.45) is 0. The van der Waals surface area contributed by atoms with Crippen LogP contribution in [-0.4, -0.2) is 56.8 Å². The van der Waals surface area contributed by atoms with Gasteiger partial charge in [-0.1, -0.05) is 12.1 Å². The van der Waals surface area contributed by atoms with Crippen LogP contribution in [-0.2, 0) is 0 Å². The number of benzene rings is 2. The van der Waals surface area contributed by atoms with Crippen LogP contribution in [0.15, 0.2) is 54.6 Å². The highest BCUT2D eigenvalue weighted by Gasteiger charge is 2.24. The molecule has 1 amide bonds. The third-order valence-electron chi connectivity index (χ3n) is 5.37. The summed E-state index contributed by atoms with van der Waals surface area (Å²) in [5.74, 6) is 0.908. The van der Waals surface area contributed by atoms with Crippen molar-refractivity contribution >= 4 is 23.1 Å². The molecule has 1 aliphatic heterocycles. The Kier molecular flexibility index (Phi) is 5.94. The number of amides is 1. The van der Waals surface area contributed by atoms with Gasteiger partial charge in [0.1, 0.15) is 5.82 Å². The molecule has 1 aromatic heterocycles. The molecule has 4 rings (SSSR count). The highest BCUT2D eigenvalue weighted by Crippen LogP contribution is 2.24. The van der Waals surface area contributed by atoms with Gasteiger partial charge in [-0.15, -0.1) is 0 Å². The molecule has 33 heavy (non-hydrogen) atoms. The first-order valence-corrected chi connectivity index (χ1v) is 10.2. The highest BCUT2D eigenvalue weighted by atomic mass is 16.6. The Bertz CT molecular complexity index is 1220. The van der Waals surface area contributed by atoms with E-state index < -0.39 is 9.85 Å². The molecule has 1 saturated heterocycles.